The van der Waals surface area contributed by atoms with Crippen molar-refractivity contribution < 1.29 is 19.4 Å². The Labute approximate surface area is 195 Å². The molecule has 1 aliphatic heterocycles. The van der Waals surface area contributed by atoms with Gasteiger partial charge in [0.05, 0.1) is 5.56 Å². The molecule has 0 atom stereocenters. The molecule has 0 amide bonds. The van der Waals surface area contributed by atoms with Crippen LogP contribution in [0.2, 0.25) is 0 Å². The zero-order valence-corrected chi connectivity index (χ0v) is 18.7. The van der Waals surface area contributed by atoms with E-state index >= 15 is 0 Å². The Morgan fingerprint density at radius 1 is 0.667 bits per heavy atom. The minimum Gasteiger partial charge on any atom is -0.490 e. The summed E-state index contributed by atoms with van der Waals surface area (Å²) < 4.78 is 11.4. The second-order valence-corrected chi connectivity index (χ2v) is 8.21. The van der Waals surface area contributed by atoms with Crippen LogP contribution in [-0.4, -0.2) is 60.3 Å². The van der Waals surface area contributed by atoms with Gasteiger partial charge in [-0.1, -0.05) is 42.5 Å². The summed E-state index contributed by atoms with van der Waals surface area (Å²) in [4.78, 5) is 15.9. The summed E-state index contributed by atoms with van der Waals surface area (Å²) in [5, 5.41) is 9.02. The number of piperazine rings is 1. The summed E-state index contributed by atoms with van der Waals surface area (Å²) >= 11 is 0. The maximum Gasteiger partial charge on any atom is 0.335 e. The number of aromatic carboxylic acids is 1. The number of nitrogens with zero attached hydrogens (tertiary/aromatic N) is 2. The fourth-order valence-corrected chi connectivity index (χ4v) is 3.90. The number of carboxylic acids is 1. The Balaban J connectivity index is 1.15. The van der Waals surface area contributed by atoms with Gasteiger partial charge in [0.25, 0.3) is 0 Å². The van der Waals surface area contributed by atoms with Crippen LogP contribution in [0.4, 0.5) is 0 Å². The highest BCUT2D eigenvalue weighted by Crippen LogP contribution is 2.16. The molecule has 1 N–H and O–H groups in total. The smallest absolute Gasteiger partial charge is 0.335 e. The second kappa shape index (κ2) is 11.5. The van der Waals surface area contributed by atoms with Crippen LogP contribution in [0.15, 0.2) is 78.9 Å². The Hall–Kier alpha value is -3.35. The van der Waals surface area contributed by atoms with Crippen molar-refractivity contribution in [2.45, 2.75) is 13.1 Å². The largest absolute Gasteiger partial charge is 0.490 e. The number of hydrogen-bond acceptors (Lipinski definition) is 5. The number of rotatable bonds is 10. The summed E-state index contributed by atoms with van der Waals surface area (Å²) in [5.41, 5.74) is 2.76. The first-order valence-corrected chi connectivity index (χ1v) is 11.3. The molecule has 4 rings (SSSR count). The molecule has 0 unspecified atom stereocenters. The van der Waals surface area contributed by atoms with Gasteiger partial charge in [-0.3, -0.25) is 9.80 Å². The van der Waals surface area contributed by atoms with Crippen LogP contribution in [0.25, 0.3) is 0 Å². The molecule has 0 radical (unpaired) electrons. The summed E-state index contributed by atoms with van der Waals surface area (Å²) in [6.07, 6.45) is 0. The van der Waals surface area contributed by atoms with Crippen LogP contribution in [-0.2, 0) is 13.1 Å². The van der Waals surface area contributed by atoms with Crippen molar-refractivity contribution in [1.29, 1.82) is 0 Å². The molecule has 0 aliphatic carbocycles. The number of para-hydroxylation sites is 1. The van der Waals surface area contributed by atoms with E-state index in [4.69, 9.17) is 14.6 Å². The summed E-state index contributed by atoms with van der Waals surface area (Å²) in [7, 11) is 0. The van der Waals surface area contributed by atoms with E-state index in [2.05, 4.69) is 21.9 Å². The van der Waals surface area contributed by atoms with Crippen molar-refractivity contribution in [3.8, 4) is 11.5 Å². The van der Waals surface area contributed by atoms with Crippen molar-refractivity contribution in [2.24, 2.45) is 0 Å². The van der Waals surface area contributed by atoms with Gasteiger partial charge < -0.3 is 14.6 Å². The SMILES string of the molecule is O=C(O)c1ccc(CN2CCN(Cc3ccc(OCCOc4ccccc4)cc3)CC2)cc1. The average Bonchev–Trinajstić information content (AvgIpc) is 2.85. The zero-order chi connectivity index (χ0) is 22.9. The fourth-order valence-electron chi connectivity index (χ4n) is 3.90. The average molecular weight is 447 g/mol. The number of carbonyl (C=O) groups is 1. The molecule has 6 heteroatoms. The second-order valence-electron chi connectivity index (χ2n) is 8.21. The molecule has 0 bridgehead atoms. The van der Waals surface area contributed by atoms with E-state index in [1.165, 1.54) is 5.56 Å². The third-order valence-corrected chi connectivity index (χ3v) is 5.77. The first kappa shape index (κ1) is 22.8. The van der Waals surface area contributed by atoms with Crippen molar-refractivity contribution in [2.75, 3.05) is 39.4 Å². The predicted octanol–water partition coefficient (Wildman–Crippen LogP) is 4.16. The van der Waals surface area contributed by atoms with Gasteiger partial charge >= 0.3 is 5.97 Å². The maximum atomic E-state index is 11.0. The molecular weight excluding hydrogens is 416 g/mol. The van der Waals surface area contributed by atoms with Crippen LogP contribution in [0.3, 0.4) is 0 Å². The minimum atomic E-state index is -0.883. The molecule has 0 aromatic heterocycles. The lowest BCUT2D eigenvalue weighted by molar-refractivity contribution is 0.0697. The molecule has 1 heterocycles. The van der Waals surface area contributed by atoms with Gasteiger partial charge in [0.1, 0.15) is 24.7 Å². The molecule has 0 saturated carbocycles. The maximum absolute atomic E-state index is 11.0. The molecule has 3 aromatic rings. The number of carboxylic acid groups (broad SMARTS) is 1. The zero-order valence-electron chi connectivity index (χ0n) is 18.7. The van der Waals surface area contributed by atoms with Gasteiger partial charge in [0.15, 0.2) is 0 Å². The van der Waals surface area contributed by atoms with E-state index in [0.29, 0.717) is 18.8 Å². The molecule has 33 heavy (non-hydrogen) atoms. The van der Waals surface area contributed by atoms with E-state index in [-0.39, 0.29) is 0 Å². The van der Waals surface area contributed by atoms with Crippen LogP contribution in [0.1, 0.15) is 21.5 Å². The highest BCUT2D eigenvalue weighted by molar-refractivity contribution is 5.87. The highest BCUT2D eigenvalue weighted by atomic mass is 16.5. The lowest BCUT2D eigenvalue weighted by atomic mass is 10.1. The topological polar surface area (TPSA) is 62.2 Å². The van der Waals surface area contributed by atoms with Gasteiger partial charge in [-0.05, 0) is 47.5 Å². The molecule has 172 valence electrons. The number of benzene rings is 3. The molecule has 0 spiro atoms. The van der Waals surface area contributed by atoms with Gasteiger partial charge in [0.2, 0.25) is 0 Å². The van der Waals surface area contributed by atoms with Crippen molar-refractivity contribution in [3.63, 3.8) is 0 Å². The van der Waals surface area contributed by atoms with Crippen molar-refractivity contribution >= 4 is 5.97 Å². The van der Waals surface area contributed by atoms with E-state index in [1.54, 1.807) is 12.1 Å². The lowest BCUT2D eigenvalue weighted by Crippen LogP contribution is -2.45. The third kappa shape index (κ3) is 7.07. The summed E-state index contributed by atoms with van der Waals surface area (Å²) in [6, 6.07) is 25.2. The van der Waals surface area contributed by atoms with Crippen LogP contribution in [0.5, 0.6) is 11.5 Å². The number of hydrogen-bond donors (Lipinski definition) is 1. The Bertz CT molecular complexity index is 999. The van der Waals surface area contributed by atoms with Gasteiger partial charge in [-0.25, -0.2) is 4.79 Å². The predicted molar refractivity (Wildman–Crippen MR) is 128 cm³/mol. The Kier molecular flexibility index (Phi) is 7.95. The summed E-state index contributed by atoms with van der Waals surface area (Å²) in [5.74, 6) is 0.827. The van der Waals surface area contributed by atoms with E-state index < -0.39 is 5.97 Å². The molecule has 1 saturated heterocycles. The van der Waals surface area contributed by atoms with E-state index in [9.17, 15) is 4.79 Å². The van der Waals surface area contributed by atoms with Crippen LogP contribution in [0, 0.1) is 0 Å². The van der Waals surface area contributed by atoms with Crippen LogP contribution < -0.4 is 9.47 Å². The highest BCUT2D eigenvalue weighted by Gasteiger charge is 2.17. The lowest BCUT2D eigenvalue weighted by Gasteiger charge is -2.34. The van der Waals surface area contributed by atoms with Crippen molar-refractivity contribution in [1.82, 2.24) is 9.80 Å². The first-order valence-electron chi connectivity index (χ1n) is 11.3. The third-order valence-electron chi connectivity index (χ3n) is 5.77. The first-order chi connectivity index (χ1) is 16.2. The Morgan fingerprint density at radius 3 is 1.61 bits per heavy atom. The van der Waals surface area contributed by atoms with Gasteiger partial charge in [0, 0.05) is 39.3 Å². The molecule has 3 aromatic carbocycles. The summed E-state index contributed by atoms with van der Waals surface area (Å²) in [6.45, 7) is 6.85. The standard InChI is InChI=1S/C27H30N2O4/c30-27(31)24-10-6-22(7-11-24)20-28-14-16-29(17-15-28)21-23-8-12-26(13-9-23)33-19-18-32-25-4-2-1-3-5-25/h1-13H,14-21H2,(H,30,31). The molecular formula is C27H30N2O4. The number of ether oxygens (including phenoxy) is 2. The van der Waals surface area contributed by atoms with E-state index in [0.717, 1.165) is 56.3 Å². The van der Waals surface area contributed by atoms with Crippen LogP contribution >= 0.6 is 0 Å². The van der Waals surface area contributed by atoms with Gasteiger partial charge in [-0.15, -0.1) is 0 Å². The Morgan fingerprint density at radius 2 is 1.12 bits per heavy atom. The molecule has 6 nitrogen and oxygen atoms in total. The normalized spacial score (nSPS) is 14.7. The van der Waals surface area contributed by atoms with E-state index in [1.807, 2.05) is 54.6 Å². The fraction of sp³-hybridized carbons (Fsp3) is 0.296. The monoisotopic (exact) mass is 446 g/mol. The molecule has 1 fully saturated rings. The van der Waals surface area contributed by atoms with Crippen molar-refractivity contribution in [3.05, 3.63) is 95.6 Å². The minimum absolute atomic E-state index is 0.334. The molecule has 1 aliphatic rings. The quantitative estimate of drug-likeness (QED) is 0.472. The van der Waals surface area contributed by atoms with Gasteiger partial charge in [-0.2, -0.15) is 0 Å².